The Morgan fingerprint density at radius 2 is 1.33 bits per heavy atom. The molecule has 0 radical (unpaired) electrons. The average Bonchev–Trinajstić information content (AvgIpc) is 2.71. The van der Waals surface area contributed by atoms with Gasteiger partial charge in [-0.3, -0.25) is 4.79 Å². The van der Waals surface area contributed by atoms with E-state index in [1.807, 2.05) is 12.1 Å². The molecule has 144 valence electrons. The third-order valence-electron chi connectivity index (χ3n) is 4.84. The molecule has 1 aliphatic carbocycles. The van der Waals surface area contributed by atoms with Gasteiger partial charge in [-0.15, -0.1) is 0 Å². The Morgan fingerprint density at radius 1 is 0.778 bits per heavy atom. The summed E-state index contributed by atoms with van der Waals surface area (Å²) in [6.45, 7) is 0. The van der Waals surface area contributed by atoms with E-state index in [9.17, 15) is 4.79 Å². The fourth-order valence-electron chi connectivity index (χ4n) is 3.44. The molecule has 2 aromatic rings. The first-order chi connectivity index (χ1) is 13.1. The molecule has 0 spiro atoms. The van der Waals surface area contributed by atoms with Gasteiger partial charge in [0.1, 0.15) is 5.75 Å². The largest absolute Gasteiger partial charge is 0.495 e. The van der Waals surface area contributed by atoms with Gasteiger partial charge in [0.05, 0.1) is 34.1 Å². The molecular formula is C21H25NO5. The number of hydrogen-bond acceptors (Lipinski definition) is 5. The number of carbonyl (C=O) groups excluding carboxylic acids is 1. The molecule has 0 bridgehead atoms. The van der Waals surface area contributed by atoms with E-state index in [2.05, 4.69) is 5.32 Å². The van der Waals surface area contributed by atoms with Crippen LogP contribution in [-0.2, 0) is 12.8 Å². The van der Waals surface area contributed by atoms with Crippen LogP contribution < -0.4 is 24.3 Å². The monoisotopic (exact) mass is 371 g/mol. The van der Waals surface area contributed by atoms with Crippen LogP contribution in [0.5, 0.6) is 23.0 Å². The van der Waals surface area contributed by atoms with Gasteiger partial charge in [0.15, 0.2) is 11.5 Å². The van der Waals surface area contributed by atoms with Crippen molar-refractivity contribution in [1.29, 1.82) is 0 Å². The van der Waals surface area contributed by atoms with Crippen LogP contribution in [0.2, 0.25) is 0 Å². The molecule has 6 heteroatoms. The summed E-state index contributed by atoms with van der Waals surface area (Å²) >= 11 is 0. The number of rotatable bonds is 6. The number of fused-ring (bicyclic) bond motifs is 1. The van der Waals surface area contributed by atoms with Gasteiger partial charge in [-0.25, -0.2) is 0 Å². The Hall–Kier alpha value is -2.89. The molecule has 0 fully saturated rings. The van der Waals surface area contributed by atoms with Crippen molar-refractivity contribution in [2.45, 2.75) is 25.7 Å². The maximum atomic E-state index is 12.9. The van der Waals surface area contributed by atoms with Gasteiger partial charge in [-0.05, 0) is 61.1 Å². The zero-order valence-corrected chi connectivity index (χ0v) is 16.2. The normalized spacial score (nSPS) is 12.7. The molecular weight excluding hydrogens is 346 g/mol. The second kappa shape index (κ2) is 8.20. The maximum Gasteiger partial charge on any atom is 0.256 e. The molecule has 6 nitrogen and oxygen atoms in total. The third kappa shape index (κ3) is 3.79. The summed E-state index contributed by atoms with van der Waals surface area (Å²) in [5, 5.41) is 2.95. The summed E-state index contributed by atoms with van der Waals surface area (Å²) in [5.74, 6) is 1.70. The predicted molar refractivity (Wildman–Crippen MR) is 104 cm³/mol. The SMILES string of the molecule is COc1cc2c(cc1NC(=O)c1cc(OC)c(OC)c(OC)c1)CCCC2. The number of amides is 1. The van der Waals surface area contributed by atoms with Crippen molar-refractivity contribution in [1.82, 2.24) is 0 Å². The fourth-order valence-corrected chi connectivity index (χ4v) is 3.44. The van der Waals surface area contributed by atoms with Gasteiger partial charge in [0, 0.05) is 5.56 Å². The van der Waals surface area contributed by atoms with Gasteiger partial charge < -0.3 is 24.3 Å². The number of hydrogen-bond donors (Lipinski definition) is 1. The van der Waals surface area contributed by atoms with Crippen LogP contribution in [0, 0.1) is 0 Å². The lowest BCUT2D eigenvalue weighted by Crippen LogP contribution is -2.14. The van der Waals surface area contributed by atoms with Crippen molar-refractivity contribution in [3.63, 3.8) is 0 Å². The smallest absolute Gasteiger partial charge is 0.256 e. The van der Waals surface area contributed by atoms with E-state index >= 15 is 0 Å². The minimum absolute atomic E-state index is 0.275. The Labute approximate surface area is 159 Å². The van der Waals surface area contributed by atoms with E-state index in [4.69, 9.17) is 18.9 Å². The van der Waals surface area contributed by atoms with Crippen LogP contribution in [0.4, 0.5) is 5.69 Å². The lowest BCUT2D eigenvalue weighted by Gasteiger charge is -2.20. The first kappa shape index (κ1) is 18.9. The average molecular weight is 371 g/mol. The molecule has 1 N–H and O–H groups in total. The van der Waals surface area contributed by atoms with Gasteiger partial charge in [-0.1, -0.05) is 0 Å². The number of methoxy groups -OCH3 is 4. The van der Waals surface area contributed by atoms with E-state index in [1.165, 1.54) is 45.3 Å². The van der Waals surface area contributed by atoms with Crippen LogP contribution in [0.1, 0.15) is 34.3 Å². The summed E-state index contributed by atoms with van der Waals surface area (Å²) in [7, 11) is 6.18. The lowest BCUT2D eigenvalue weighted by atomic mass is 9.91. The van der Waals surface area contributed by atoms with Gasteiger partial charge in [0.25, 0.3) is 5.91 Å². The molecule has 3 rings (SSSR count). The zero-order valence-electron chi connectivity index (χ0n) is 16.2. The summed E-state index contributed by atoms with van der Waals surface area (Å²) in [6, 6.07) is 7.30. The van der Waals surface area contributed by atoms with Crippen LogP contribution in [0.15, 0.2) is 24.3 Å². The van der Waals surface area contributed by atoms with Crippen molar-refractivity contribution in [2.24, 2.45) is 0 Å². The first-order valence-corrected chi connectivity index (χ1v) is 8.92. The zero-order chi connectivity index (χ0) is 19.4. The van der Waals surface area contributed by atoms with Gasteiger partial charge in [-0.2, -0.15) is 0 Å². The molecule has 2 aromatic carbocycles. The van der Waals surface area contributed by atoms with E-state index < -0.39 is 0 Å². The summed E-state index contributed by atoms with van der Waals surface area (Å²) in [6.07, 6.45) is 4.42. The Kier molecular flexibility index (Phi) is 5.74. The molecule has 27 heavy (non-hydrogen) atoms. The minimum atomic E-state index is -0.275. The van der Waals surface area contributed by atoms with Crippen molar-refractivity contribution >= 4 is 11.6 Å². The molecule has 0 aromatic heterocycles. The second-order valence-electron chi connectivity index (χ2n) is 6.40. The quantitative estimate of drug-likeness (QED) is 0.835. The summed E-state index contributed by atoms with van der Waals surface area (Å²) < 4.78 is 21.5. The number of nitrogens with one attached hydrogen (secondary N) is 1. The third-order valence-corrected chi connectivity index (χ3v) is 4.84. The molecule has 0 saturated heterocycles. The van der Waals surface area contributed by atoms with E-state index in [-0.39, 0.29) is 5.91 Å². The van der Waals surface area contributed by atoms with Crippen molar-refractivity contribution in [3.8, 4) is 23.0 Å². The van der Waals surface area contributed by atoms with Crippen molar-refractivity contribution in [2.75, 3.05) is 33.8 Å². The molecule has 0 saturated carbocycles. The fraction of sp³-hybridized carbons (Fsp3) is 0.381. The molecule has 1 amide bonds. The number of ether oxygens (including phenoxy) is 4. The number of benzene rings is 2. The topological polar surface area (TPSA) is 66.0 Å². The number of anilines is 1. The second-order valence-corrected chi connectivity index (χ2v) is 6.40. The molecule has 1 aliphatic rings. The van der Waals surface area contributed by atoms with Crippen LogP contribution in [-0.4, -0.2) is 34.3 Å². The highest BCUT2D eigenvalue weighted by Gasteiger charge is 2.19. The first-order valence-electron chi connectivity index (χ1n) is 8.92. The Morgan fingerprint density at radius 3 is 1.85 bits per heavy atom. The van der Waals surface area contributed by atoms with Crippen LogP contribution >= 0.6 is 0 Å². The summed E-state index contributed by atoms with van der Waals surface area (Å²) in [4.78, 5) is 12.9. The predicted octanol–water partition coefficient (Wildman–Crippen LogP) is 3.85. The highest BCUT2D eigenvalue weighted by Crippen LogP contribution is 2.39. The van der Waals surface area contributed by atoms with Gasteiger partial charge >= 0.3 is 0 Å². The minimum Gasteiger partial charge on any atom is -0.495 e. The Balaban J connectivity index is 1.93. The molecule has 0 atom stereocenters. The number of aryl methyl sites for hydroxylation is 2. The van der Waals surface area contributed by atoms with E-state index in [0.717, 1.165) is 12.8 Å². The Bertz CT molecular complexity index is 822. The van der Waals surface area contributed by atoms with Gasteiger partial charge in [0.2, 0.25) is 5.75 Å². The standard InChI is InChI=1S/C21H25NO5/c1-24-17-10-14-8-6-5-7-13(14)9-16(17)22-21(23)15-11-18(25-2)20(27-4)19(12-15)26-3/h9-12H,5-8H2,1-4H3,(H,22,23). The highest BCUT2D eigenvalue weighted by molar-refractivity contribution is 6.06. The molecule has 0 aliphatic heterocycles. The van der Waals surface area contributed by atoms with Crippen LogP contribution in [0.3, 0.4) is 0 Å². The lowest BCUT2D eigenvalue weighted by molar-refractivity contribution is 0.102. The van der Waals surface area contributed by atoms with E-state index in [0.29, 0.717) is 34.2 Å². The summed E-state index contributed by atoms with van der Waals surface area (Å²) in [5.41, 5.74) is 3.63. The number of carbonyl (C=O) groups is 1. The van der Waals surface area contributed by atoms with E-state index in [1.54, 1.807) is 19.2 Å². The molecule has 0 unspecified atom stereocenters. The highest BCUT2D eigenvalue weighted by atomic mass is 16.5. The van der Waals surface area contributed by atoms with Crippen LogP contribution in [0.25, 0.3) is 0 Å². The van der Waals surface area contributed by atoms with Crippen molar-refractivity contribution < 1.29 is 23.7 Å². The molecule has 0 heterocycles. The van der Waals surface area contributed by atoms with Crippen molar-refractivity contribution in [3.05, 3.63) is 41.0 Å². The maximum absolute atomic E-state index is 12.9.